The van der Waals surface area contributed by atoms with Gasteiger partial charge in [0.1, 0.15) is 18.0 Å². The van der Waals surface area contributed by atoms with Crippen LogP contribution >= 0.6 is 0 Å². The van der Waals surface area contributed by atoms with Crippen LogP contribution in [-0.2, 0) is 40.0 Å². The number of H-pyrrole nitrogens is 2. The van der Waals surface area contributed by atoms with Crippen LogP contribution in [0, 0.1) is 0 Å². The quantitative estimate of drug-likeness (QED) is 0.0913. The van der Waals surface area contributed by atoms with E-state index in [1.807, 2.05) is 64.1 Å². The van der Waals surface area contributed by atoms with Crippen LogP contribution in [0.3, 0.4) is 0 Å². The number of alkyl carbamates (subject to hydrolysis) is 2. The number of aromatic nitrogens is 4. The summed E-state index contributed by atoms with van der Waals surface area (Å²) < 4.78 is 38.4. The number of ether oxygens (including phenoxy) is 2. The van der Waals surface area contributed by atoms with Gasteiger partial charge >= 0.3 is 12.2 Å². The van der Waals surface area contributed by atoms with Gasteiger partial charge in [0.15, 0.2) is 11.6 Å². The first-order valence-corrected chi connectivity index (χ1v) is 21.0. The molecule has 4 aliphatic rings. The van der Waals surface area contributed by atoms with Crippen LogP contribution < -0.4 is 21.3 Å². The summed E-state index contributed by atoms with van der Waals surface area (Å²) in [6.45, 7) is 7.62. The molecule has 59 heavy (non-hydrogen) atoms. The number of halogens is 2. The zero-order valence-electron chi connectivity index (χ0n) is 34.3. The number of alkyl halides is 2. The summed E-state index contributed by atoms with van der Waals surface area (Å²) >= 11 is 0. The van der Waals surface area contributed by atoms with Gasteiger partial charge in [0.25, 0.3) is 5.92 Å². The van der Waals surface area contributed by atoms with Gasteiger partial charge in [-0.15, -0.1) is 0 Å². The molecule has 6 N–H and O–H groups in total. The summed E-state index contributed by atoms with van der Waals surface area (Å²) in [5, 5.41) is 27.2. The number of Topliss-reactive ketones (excluding diaryl/α,β-unsaturated/α-hetero) is 1. The van der Waals surface area contributed by atoms with Crippen molar-refractivity contribution in [3.63, 3.8) is 0 Å². The molecule has 2 aromatic heterocycles. The van der Waals surface area contributed by atoms with Crippen LogP contribution in [0.2, 0.25) is 0 Å². The molecule has 0 saturated heterocycles. The van der Waals surface area contributed by atoms with Crippen molar-refractivity contribution in [3.05, 3.63) is 82.2 Å². The van der Waals surface area contributed by atoms with Gasteiger partial charge < -0.3 is 30.7 Å². The highest BCUT2D eigenvalue weighted by atomic mass is 19.3. The Morgan fingerprint density at radius 1 is 0.729 bits per heavy atom. The molecular weight excluding hydrogens is 759 g/mol. The average molecular weight is 815 g/mol. The van der Waals surface area contributed by atoms with Crippen molar-refractivity contribution in [2.45, 2.75) is 147 Å². The van der Waals surface area contributed by atoms with Gasteiger partial charge in [-0.2, -0.15) is 10.2 Å². The maximum Gasteiger partial charge on any atom is 0.407 e. The Kier molecular flexibility index (Phi) is 12.9. The monoisotopic (exact) mass is 814 g/mol. The van der Waals surface area contributed by atoms with E-state index >= 15 is 0 Å². The van der Waals surface area contributed by atoms with Crippen molar-refractivity contribution < 1.29 is 32.6 Å². The number of rotatable bonds is 10. The Morgan fingerprint density at radius 2 is 1.24 bits per heavy atom. The minimum Gasteiger partial charge on any atom is -0.446 e. The van der Waals surface area contributed by atoms with Crippen LogP contribution in [0.25, 0.3) is 0 Å². The predicted molar refractivity (Wildman–Crippen MR) is 221 cm³/mol. The van der Waals surface area contributed by atoms with E-state index in [1.165, 1.54) is 5.56 Å². The molecule has 316 valence electrons. The molecule has 0 unspecified atom stereocenters. The maximum atomic E-state index is 13.7. The molecule has 0 aliphatic heterocycles. The molecule has 0 bridgehead atoms. The van der Waals surface area contributed by atoms with Gasteiger partial charge in [0.05, 0.1) is 0 Å². The lowest BCUT2D eigenvalue weighted by Crippen LogP contribution is -2.33. The molecule has 4 aliphatic carbocycles. The largest absolute Gasteiger partial charge is 0.446 e. The molecule has 2 amide bonds. The first-order chi connectivity index (χ1) is 28.3. The molecule has 8 rings (SSSR count). The number of anilines is 4. The number of nitrogens with one attached hydrogen (secondary N) is 6. The first-order valence-electron chi connectivity index (χ1n) is 21.0. The van der Waals surface area contributed by atoms with Crippen LogP contribution in [0.15, 0.2) is 48.5 Å². The number of amides is 2. The highest BCUT2D eigenvalue weighted by Gasteiger charge is 2.35. The van der Waals surface area contributed by atoms with E-state index in [9.17, 15) is 23.2 Å². The average Bonchev–Trinajstić information content (AvgIpc) is 4.00. The highest BCUT2D eigenvalue weighted by molar-refractivity contribution is 5.84. The molecule has 2 aromatic carbocycles. The van der Waals surface area contributed by atoms with Crippen LogP contribution in [0.5, 0.6) is 0 Å². The topological polar surface area (TPSA) is 175 Å². The Morgan fingerprint density at radius 3 is 1.76 bits per heavy atom. The number of carbonyl (C=O) groups excluding carboxylic acids is 3. The normalized spacial score (nSPS) is 21.9. The van der Waals surface area contributed by atoms with Crippen molar-refractivity contribution >= 4 is 41.0 Å². The number of hydrogen-bond acceptors (Lipinski definition) is 9. The Balaban J connectivity index is 0.000000179. The Bertz CT molecular complexity index is 2120. The number of nitrogens with zero attached hydrogens (tertiary/aromatic N) is 2. The van der Waals surface area contributed by atoms with E-state index < -0.39 is 5.92 Å². The number of fused-ring (bicyclic) bond motifs is 2. The summed E-state index contributed by atoms with van der Waals surface area (Å²) in [6.07, 6.45) is 6.14. The molecule has 4 atom stereocenters. The van der Waals surface area contributed by atoms with Gasteiger partial charge in [0.2, 0.25) is 0 Å². The van der Waals surface area contributed by atoms with Gasteiger partial charge in [-0.3, -0.25) is 15.0 Å². The predicted octanol–water partition coefficient (Wildman–Crippen LogP) is 9.03. The van der Waals surface area contributed by atoms with Gasteiger partial charge in [-0.1, -0.05) is 24.3 Å². The van der Waals surface area contributed by atoms with E-state index in [0.717, 1.165) is 84.7 Å². The lowest BCUT2D eigenvalue weighted by Gasteiger charge is -2.26. The van der Waals surface area contributed by atoms with E-state index in [1.54, 1.807) is 12.1 Å². The molecule has 13 nitrogen and oxygen atoms in total. The fraction of sp³-hybridized carbons (Fsp3) is 0.523. The van der Waals surface area contributed by atoms with E-state index in [0.29, 0.717) is 42.3 Å². The molecular formula is C44H56F2N8O5. The molecule has 4 aromatic rings. The van der Waals surface area contributed by atoms with Crippen molar-refractivity contribution in [2.75, 3.05) is 10.6 Å². The number of ketones is 1. The van der Waals surface area contributed by atoms with Gasteiger partial charge in [-0.05, 0) is 113 Å². The second kappa shape index (κ2) is 18.2. The maximum absolute atomic E-state index is 13.7. The lowest BCUT2D eigenvalue weighted by molar-refractivity contribution is -0.118. The fourth-order valence-corrected chi connectivity index (χ4v) is 8.66. The molecule has 2 heterocycles. The SMILES string of the molecule is CC(C)NC(=O)O[C@@H]1CC[C@H](c2cc(Nc3cccc4c3CCC(=O)C4)n[nH]2)C1.CC(C)NC(=O)O[C@@H]1CC[C@H](c2cc(Nc3cccc4c3CCC(F)(F)C4)n[nH]2)C1. The number of carbonyl (C=O) groups is 3. The number of hydrogen-bond donors (Lipinski definition) is 6. The second-order valence-electron chi connectivity index (χ2n) is 17.0. The third-order valence-corrected chi connectivity index (χ3v) is 11.5. The van der Waals surface area contributed by atoms with E-state index in [-0.39, 0.29) is 55.2 Å². The standard InChI is InChI=1S/C22H28F2N4O2.C22H28N4O3/c1-13(2)25-21(29)30-16-7-6-14(10-16)19-11-20(28-27-19)26-18-5-3-4-15-12-22(23,24)9-8-17(15)18;1-13(2)23-22(28)29-17-8-6-15(11-17)20-12-21(26-25-20)24-19-5-3-4-14-10-16(27)7-9-18(14)19/h3-5,11,13-14,16H,6-10,12H2,1-2H3,(H,25,29)(H2,26,27,28);3-5,12-13,15,17H,6-11H2,1-2H3,(H,23,28)(H2,24,25,26)/t14-,16+;15-,17+/m00/s1. The molecule has 0 spiro atoms. The number of aromatic amines is 2. The summed E-state index contributed by atoms with van der Waals surface area (Å²) in [7, 11) is 0. The van der Waals surface area contributed by atoms with Crippen LogP contribution in [0.1, 0.15) is 125 Å². The fourth-order valence-electron chi connectivity index (χ4n) is 8.66. The van der Waals surface area contributed by atoms with Crippen molar-refractivity contribution in [3.8, 4) is 0 Å². The third-order valence-electron chi connectivity index (χ3n) is 11.5. The molecule has 2 fully saturated rings. The van der Waals surface area contributed by atoms with Gasteiger partial charge in [-0.25, -0.2) is 18.4 Å². The Labute approximate surface area is 343 Å². The van der Waals surface area contributed by atoms with E-state index in [2.05, 4.69) is 41.7 Å². The van der Waals surface area contributed by atoms with Crippen molar-refractivity contribution in [1.82, 2.24) is 31.0 Å². The summed E-state index contributed by atoms with van der Waals surface area (Å²) in [6, 6.07) is 15.6. The van der Waals surface area contributed by atoms with Crippen LogP contribution in [-0.4, -0.2) is 68.6 Å². The van der Waals surface area contributed by atoms with Gasteiger partial charge in [0, 0.05) is 84.5 Å². The zero-order chi connectivity index (χ0) is 41.7. The zero-order valence-corrected chi connectivity index (χ0v) is 34.3. The minimum absolute atomic E-state index is 0.0471. The van der Waals surface area contributed by atoms with E-state index in [4.69, 9.17) is 9.47 Å². The first kappa shape index (κ1) is 41.7. The smallest absolute Gasteiger partial charge is 0.407 e. The minimum atomic E-state index is -2.63. The molecule has 2 saturated carbocycles. The van der Waals surface area contributed by atoms with Crippen LogP contribution in [0.4, 0.5) is 41.4 Å². The molecule has 0 radical (unpaired) electrons. The van der Waals surface area contributed by atoms with Crippen molar-refractivity contribution in [2.24, 2.45) is 0 Å². The second-order valence-corrected chi connectivity index (χ2v) is 17.0. The molecule has 15 heteroatoms. The Hall–Kier alpha value is -5.47. The summed E-state index contributed by atoms with van der Waals surface area (Å²) in [4.78, 5) is 35.3. The highest BCUT2D eigenvalue weighted by Crippen LogP contribution is 2.40. The summed E-state index contributed by atoms with van der Waals surface area (Å²) in [5.74, 6) is -0.342. The lowest BCUT2D eigenvalue weighted by atomic mass is 9.88. The summed E-state index contributed by atoms with van der Waals surface area (Å²) in [5.41, 5.74) is 7.86. The third kappa shape index (κ3) is 11.0. The number of benzene rings is 2. The van der Waals surface area contributed by atoms with Crippen molar-refractivity contribution in [1.29, 1.82) is 0 Å².